The zero-order valence-corrected chi connectivity index (χ0v) is 11.1. The van der Waals surface area contributed by atoms with Crippen LogP contribution in [0.3, 0.4) is 0 Å². The summed E-state index contributed by atoms with van der Waals surface area (Å²) in [4.78, 5) is 10.1. The molecule has 0 fully saturated rings. The predicted molar refractivity (Wildman–Crippen MR) is 77.9 cm³/mol. The van der Waals surface area contributed by atoms with Crippen LogP contribution in [0.2, 0.25) is 0 Å². The first kappa shape index (κ1) is 13.9. The van der Waals surface area contributed by atoms with E-state index in [0.29, 0.717) is 11.3 Å². The van der Waals surface area contributed by atoms with Crippen molar-refractivity contribution in [2.45, 2.75) is 0 Å². The van der Waals surface area contributed by atoms with Crippen LogP contribution < -0.4 is 0 Å². The van der Waals surface area contributed by atoms with Crippen LogP contribution in [0, 0.1) is 10.1 Å². The maximum Gasteiger partial charge on any atom is 0.269 e. The van der Waals surface area contributed by atoms with E-state index in [1.54, 1.807) is 30.3 Å². The summed E-state index contributed by atoms with van der Waals surface area (Å²) < 4.78 is 0. The van der Waals surface area contributed by atoms with E-state index in [1.165, 1.54) is 12.1 Å². The molecule has 0 amide bonds. The Morgan fingerprint density at radius 1 is 1.10 bits per heavy atom. The third kappa shape index (κ3) is 4.00. The molecule has 0 aliphatic heterocycles. The second kappa shape index (κ2) is 6.58. The van der Waals surface area contributed by atoms with Gasteiger partial charge in [0, 0.05) is 12.1 Å². The minimum Gasteiger partial charge on any atom is -0.258 e. The minimum atomic E-state index is -0.454. The Labute approximate surface area is 120 Å². The van der Waals surface area contributed by atoms with E-state index < -0.39 is 4.92 Å². The van der Waals surface area contributed by atoms with E-state index in [2.05, 4.69) is 10.2 Å². The monoisotopic (exact) mass is 287 g/mol. The highest BCUT2D eigenvalue weighted by Gasteiger charge is 2.02. The standard InChI is InChI=1S/C14H10ClN3O2/c15-14(17-16-12-4-2-1-3-5-12)10-11-6-8-13(9-7-11)18(19)20/h1-10H/b14-10-,17-16?. The van der Waals surface area contributed by atoms with Crippen LogP contribution in [0.4, 0.5) is 11.4 Å². The molecular formula is C14H10ClN3O2. The fourth-order valence-corrected chi connectivity index (χ4v) is 1.62. The van der Waals surface area contributed by atoms with Gasteiger partial charge in [0.15, 0.2) is 5.16 Å². The van der Waals surface area contributed by atoms with E-state index >= 15 is 0 Å². The van der Waals surface area contributed by atoms with Crippen LogP contribution in [0.1, 0.15) is 5.56 Å². The second-order valence-electron chi connectivity index (χ2n) is 3.85. The molecule has 0 saturated heterocycles. The van der Waals surface area contributed by atoms with Crippen LogP contribution in [-0.2, 0) is 0 Å². The summed E-state index contributed by atoms with van der Waals surface area (Å²) in [5.41, 5.74) is 1.44. The number of non-ortho nitro benzene ring substituents is 1. The predicted octanol–water partition coefficient (Wildman–Crippen LogP) is 4.92. The van der Waals surface area contributed by atoms with Crippen LogP contribution in [0.25, 0.3) is 6.08 Å². The van der Waals surface area contributed by atoms with Gasteiger partial charge < -0.3 is 0 Å². The van der Waals surface area contributed by atoms with E-state index in [9.17, 15) is 10.1 Å². The molecule has 0 aromatic heterocycles. The Morgan fingerprint density at radius 3 is 2.35 bits per heavy atom. The molecule has 0 heterocycles. The van der Waals surface area contributed by atoms with Crippen molar-refractivity contribution in [3.05, 3.63) is 75.4 Å². The summed E-state index contributed by atoms with van der Waals surface area (Å²) in [7, 11) is 0. The molecule has 100 valence electrons. The zero-order chi connectivity index (χ0) is 14.4. The molecule has 0 bridgehead atoms. The lowest BCUT2D eigenvalue weighted by Crippen LogP contribution is -1.86. The summed E-state index contributed by atoms with van der Waals surface area (Å²) in [6, 6.07) is 15.2. The zero-order valence-electron chi connectivity index (χ0n) is 10.3. The first-order chi connectivity index (χ1) is 9.65. The van der Waals surface area contributed by atoms with Crippen molar-refractivity contribution in [2.75, 3.05) is 0 Å². The molecule has 0 spiro atoms. The second-order valence-corrected chi connectivity index (χ2v) is 4.24. The Balaban J connectivity index is 2.10. The number of nitro benzene ring substituents is 1. The van der Waals surface area contributed by atoms with Crippen molar-refractivity contribution >= 4 is 29.1 Å². The highest BCUT2D eigenvalue weighted by Crippen LogP contribution is 2.18. The van der Waals surface area contributed by atoms with Gasteiger partial charge in [-0.3, -0.25) is 10.1 Å². The number of rotatable bonds is 4. The Bertz CT molecular complexity index is 652. The fraction of sp³-hybridized carbons (Fsp3) is 0. The van der Waals surface area contributed by atoms with Crippen LogP contribution >= 0.6 is 11.6 Å². The molecule has 0 aliphatic rings. The Hall–Kier alpha value is -2.53. The van der Waals surface area contributed by atoms with Gasteiger partial charge in [-0.15, -0.1) is 10.2 Å². The van der Waals surface area contributed by atoms with Gasteiger partial charge in [0.1, 0.15) is 0 Å². The molecule has 2 aromatic rings. The molecule has 0 N–H and O–H groups in total. The van der Waals surface area contributed by atoms with Crippen molar-refractivity contribution in [2.24, 2.45) is 10.2 Å². The number of halogens is 1. The third-order valence-corrected chi connectivity index (χ3v) is 2.59. The molecule has 0 unspecified atom stereocenters. The van der Waals surface area contributed by atoms with Gasteiger partial charge in [-0.1, -0.05) is 29.8 Å². The van der Waals surface area contributed by atoms with Gasteiger partial charge in [0.05, 0.1) is 10.6 Å². The number of benzene rings is 2. The van der Waals surface area contributed by atoms with Crippen LogP contribution in [0.5, 0.6) is 0 Å². The van der Waals surface area contributed by atoms with Gasteiger partial charge >= 0.3 is 0 Å². The Kier molecular flexibility index (Phi) is 4.57. The lowest BCUT2D eigenvalue weighted by atomic mass is 10.2. The van der Waals surface area contributed by atoms with Crippen molar-refractivity contribution in [3.63, 3.8) is 0 Å². The average Bonchev–Trinajstić information content (AvgIpc) is 2.47. The van der Waals surface area contributed by atoms with Gasteiger partial charge in [0.2, 0.25) is 0 Å². The molecule has 0 saturated carbocycles. The lowest BCUT2D eigenvalue weighted by molar-refractivity contribution is -0.384. The molecule has 6 heteroatoms. The first-order valence-electron chi connectivity index (χ1n) is 5.73. The number of azo groups is 1. The average molecular weight is 288 g/mol. The quantitative estimate of drug-likeness (QED) is 0.347. The van der Waals surface area contributed by atoms with Crippen LogP contribution in [0.15, 0.2) is 70.0 Å². The van der Waals surface area contributed by atoms with E-state index in [1.807, 2.05) is 18.2 Å². The summed E-state index contributed by atoms with van der Waals surface area (Å²) in [6.45, 7) is 0. The maximum atomic E-state index is 10.5. The lowest BCUT2D eigenvalue weighted by Gasteiger charge is -1.94. The van der Waals surface area contributed by atoms with Gasteiger partial charge in [-0.25, -0.2) is 0 Å². The smallest absolute Gasteiger partial charge is 0.258 e. The van der Waals surface area contributed by atoms with Crippen LogP contribution in [-0.4, -0.2) is 4.92 Å². The summed E-state index contributed by atoms with van der Waals surface area (Å²) in [5, 5.41) is 18.6. The molecule has 0 aliphatic carbocycles. The maximum absolute atomic E-state index is 10.5. The fourth-order valence-electron chi connectivity index (χ4n) is 1.46. The van der Waals surface area contributed by atoms with Gasteiger partial charge in [-0.05, 0) is 35.9 Å². The topological polar surface area (TPSA) is 67.9 Å². The van der Waals surface area contributed by atoms with Crippen molar-refractivity contribution < 1.29 is 4.92 Å². The molecule has 0 atom stereocenters. The van der Waals surface area contributed by atoms with E-state index in [4.69, 9.17) is 11.6 Å². The highest BCUT2D eigenvalue weighted by molar-refractivity contribution is 6.31. The largest absolute Gasteiger partial charge is 0.269 e. The van der Waals surface area contributed by atoms with E-state index in [0.717, 1.165) is 0 Å². The summed E-state index contributed by atoms with van der Waals surface area (Å²) >= 11 is 5.93. The third-order valence-electron chi connectivity index (χ3n) is 2.41. The summed E-state index contributed by atoms with van der Waals surface area (Å²) in [6.07, 6.45) is 1.58. The number of nitro groups is 1. The molecule has 5 nitrogen and oxygen atoms in total. The molecule has 2 aromatic carbocycles. The SMILES string of the molecule is O=[N+]([O-])c1ccc(/C=C(/Cl)N=Nc2ccccc2)cc1. The van der Waals surface area contributed by atoms with Crippen molar-refractivity contribution in [3.8, 4) is 0 Å². The normalized spacial score (nSPS) is 11.8. The van der Waals surface area contributed by atoms with Gasteiger partial charge in [0.25, 0.3) is 5.69 Å². The van der Waals surface area contributed by atoms with E-state index in [-0.39, 0.29) is 10.8 Å². The number of hydrogen-bond donors (Lipinski definition) is 0. The minimum absolute atomic E-state index is 0.0317. The number of nitrogens with zero attached hydrogens (tertiary/aromatic N) is 3. The van der Waals surface area contributed by atoms with Gasteiger partial charge in [-0.2, -0.15) is 0 Å². The summed E-state index contributed by atoms with van der Waals surface area (Å²) in [5.74, 6) is 0. The first-order valence-corrected chi connectivity index (χ1v) is 6.11. The highest BCUT2D eigenvalue weighted by atomic mass is 35.5. The molecule has 2 rings (SSSR count). The van der Waals surface area contributed by atoms with Crippen molar-refractivity contribution in [1.82, 2.24) is 0 Å². The molecule has 0 radical (unpaired) electrons. The number of hydrogen-bond acceptors (Lipinski definition) is 4. The van der Waals surface area contributed by atoms with Crippen molar-refractivity contribution in [1.29, 1.82) is 0 Å². The Morgan fingerprint density at radius 2 is 1.75 bits per heavy atom. The molecule has 20 heavy (non-hydrogen) atoms. The molecular weight excluding hydrogens is 278 g/mol.